The highest BCUT2D eigenvalue weighted by Gasteiger charge is 2.09. The number of aromatic nitrogens is 1. The van der Waals surface area contributed by atoms with E-state index in [9.17, 15) is 4.39 Å². The van der Waals surface area contributed by atoms with Crippen molar-refractivity contribution in [1.29, 1.82) is 0 Å². The van der Waals surface area contributed by atoms with Crippen LogP contribution >= 0.6 is 11.3 Å². The molecule has 1 aromatic heterocycles. The molecule has 2 nitrogen and oxygen atoms in total. The van der Waals surface area contributed by atoms with E-state index in [1.165, 1.54) is 12.1 Å². The highest BCUT2D eigenvalue weighted by molar-refractivity contribution is 7.09. The van der Waals surface area contributed by atoms with Gasteiger partial charge in [-0.05, 0) is 17.7 Å². The highest BCUT2D eigenvalue weighted by Crippen LogP contribution is 2.17. The first-order valence-corrected chi connectivity index (χ1v) is 5.53. The first-order chi connectivity index (χ1) is 7.25. The van der Waals surface area contributed by atoms with Crippen molar-refractivity contribution in [2.24, 2.45) is 5.73 Å². The molecule has 0 aliphatic heterocycles. The fourth-order valence-electron chi connectivity index (χ4n) is 1.40. The van der Waals surface area contributed by atoms with Gasteiger partial charge in [-0.2, -0.15) is 0 Å². The van der Waals surface area contributed by atoms with Gasteiger partial charge in [0.2, 0.25) is 0 Å². The van der Waals surface area contributed by atoms with E-state index in [-0.39, 0.29) is 11.9 Å². The SMILES string of the molecule is NC(Cc1nccs1)c1cccc(F)c1. The third kappa shape index (κ3) is 2.61. The Hall–Kier alpha value is -1.26. The van der Waals surface area contributed by atoms with Gasteiger partial charge in [-0.1, -0.05) is 12.1 Å². The van der Waals surface area contributed by atoms with Gasteiger partial charge in [0.15, 0.2) is 0 Å². The maximum absolute atomic E-state index is 12.9. The summed E-state index contributed by atoms with van der Waals surface area (Å²) in [5, 5.41) is 2.89. The lowest BCUT2D eigenvalue weighted by Crippen LogP contribution is -2.13. The molecule has 1 aromatic carbocycles. The summed E-state index contributed by atoms with van der Waals surface area (Å²) >= 11 is 1.57. The Morgan fingerprint density at radius 2 is 2.33 bits per heavy atom. The molecule has 0 fully saturated rings. The zero-order valence-corrected chi connectivity index (χ0v) is 8.88. The Labute approximate surface area is 91.6 Å². The molecule has 0 bridgehead atoms. The summed E-state index contributed by atoms with van der Waals surface area (Å²) in [4.78, 5) is 4.15. The van der Waals surface area contributed by atoms with E-state index in [4.69, 9.17) is 5.73 Å². The van der Waals surface area contributed by atoms with E-state index < -0.39 is 0 Å². The summed E-state index contributed by atoms with van der Waals surface area (Å²) in [6.45, 7) is 0. The summed E-state index contributed by atoms with van der Waals surface area (Å²) in [7, 11) is 0. The van der Waals surface area contributed by atoms with Gasteiger partial charge < -0.3 is 5.73 Å². The Kier molecular flexibility index (Phi) is 3.08. The normalized spacial score (nSPS) is 12.7. The van der Waals surface area contributed by atoms with E-state index in [1.807, 2.05) is 11.4 Å². The second-order valence-electron chi connectivity index (χ2n) is 3.29. The molecule has 1 unspecified atom stereocenters. The predicted octanol–water partition coefficient (Wildman–Crippen LogP) is 2.52. The van der Waals surface area contributed by atoms with Crippen molar-refractivity contribution in [2.45, 2.75) is 12.5 Å². The zero-order chi connectivity index (χ0) is 10.7. The second kappa shape index (κ2) is 4.51. The number of hydrogen-bond acceptors (Lipinski definition) is 3. The minimum atomic E-state index is -0.248. The topological polar surface area (TPSA) is 38.9 Å². The molecule has 0 aliphatic rings. The number of nitrogens with zero attached hydrogens (tertiary/aromatic N) is 1. The molecular weight excluding hydrogens is 211 g/mol. The molecule has 0 saturated heterocycles. The smallest absolute Gasteiger partial charge is 0.123 e. The molecule has 0 saturated carbocycles. The lowest BCUT2D eigenvalue weighted by atomic mass is 10.1. The van der Waals surface area contributed by atoms with E-state index in [0.717, 1.165) is 10.6 Å². The fourth-order valence-corrected chi connectivity index (χ4v) is 2.07. The van der Waals surface area contributed by atoms with Crippen LogP contribution in [0.3, 0.4) is 0 Å². The standard InChI is InChI=1S/C11H11FN2S/c12-9-3-1-2-8(6-9)10(13)7-11-14-4-5-15-11/h1-6,10H,7,13H2. The average Bonchev–Trinajstić information content (AvgIpc) is 2.70. The summed E-state index contributed by atoms with van der Waals surface area (Å²) in [5.41, 5.74) is 6.77. The Morgan fingerprint density at radius 3 is 3.00 bits per heavy atom. The van der Waals surface area contributed by atoms with Crippen LogP contribution in [0, 0.1) is 5.82 Å². The highest BCUT2D eigenvalue weighted by atomic mass is 32.1. The van der Waals surface area contributed by atoms with Crippen LogP contribution in [0.25, 0.3) is 0 Å². The van der Waals surface area contributed by atoms with Gasteiger partial charge in [0, 0.05) is 24.0 Å². The van der Waals surface area contributed by atoms with Crippen molar-refractivity contribution in [3.8, 4) is 0 Å². The van der Waals surface area contributed by atoms with E-state index in [1.54, 1.807) is 23.6 Å². The number of halogens is 1. The van der Waals surface area contributed by atoms with Gasteiger partial charge in [0.25, 0.3) is 0 Å². The van der Waals surface area contributed by atoms with Crippen molar-refractivity contribution in [3.05, 3.63) is 52.2 Å². The lowest BCUT2D eigenvalue weighted by Gasteiger charge is -2.09. The second-order valence-corrected chi connectivity index (χ2v) is 4.27. The molecular formula is C11H11FN2S. The molecule has 4 heteroatoms. The van der Waals surface area contributed by atoms with E-state index >= 15 is 0 Å². The summed E-state index contributed by atoms with van der Waals surface area (Å²) in [5.74, 6) is -0.248. The summed E-state index contributed by atoms with van der Waals surface area (Å²) in [6.07, 6.45) is 2.40. The van der Waals surface area contributed by atoms with Crippen LogP contribution in [0.15, 0.2) is 35.8 Å². The van der Waals surface area contributed by atoms with Crippen LogP contribution < -0.4 is 5.73 Å². The van der Waals surface area contributed by atoms with Crippen LogP contribution in [0.2, 0.25) is 0 Å². The molecule has 15 heavy (non-hydrogen) atoms. The van der Waals surface area contributed by atoms with Crippen LogP contribution in [0.5, 0.6) is 0 Å². The van der Waals surface area contributed by atoms with Crippen molar-refractivity contribution >= 4 is 11.3 Å². The van der Waals surface area contributed by atoms with Gasteiger partial charge in [0.05, 0.1) is 5.01 Å². The van der Waals surface area contributed by atoms with Crippen LogP contribution in [0.1, 0.15) is 16.6 Å². The van der Waals surface area contributed by atoms with Crippen molar-refractivity contribution in [3.63, 3.8) is 0 Å². The molecule has 1 atom stereocenters. The number of hydrogen-bond donors (Lipinski definition) is 1. The monoisotopic (exact) mass is 222 g/mol. The number of nitrogens with two attached hydrogens (primary N) is 1. The van der Waals surface area contributed by atoms with Gasteiger partial charge >= 0.3 is 0 Å². The first-order valence-electron chi connectivity index (χ1n) is 4.65. The third-order valence-corrected chi connectivity index (χ3v) is 2.96. The Bertz CT molecular complexity index is 428. The Morgan fingerprint density at radius 1 is 1.47 bits per heavy atom. The quantitative estimate of drug-likeness (QED) is 0.866. The molecule has 0 aliphatic carbocycles. The molecule has 2 N–H and O–H groups in total. The summed E-state index contributed by atoms with van der Waals surface area (Å²) < 4.78 is 12.9. The van der Waals surface area contributed by atoms with Gasteiger partial charge in [-0.15, -0.1) is 11.3 Å². The van der Waals surface area contributed by atoms with Crippen molar-refractivity contribution < 1.29 is 4.39 Å². The predicted molar refractivity (Wildman–Crippen MR) is 59.1 cm³/mol. The largest absolute Gasteiger partial charge is 0.324 e. The molecule has 0 radical (unpaired) electrons. The minimum absolute atomic E-state index is 0.188. The third-order valence-electron chi connectivity index (χ3n) is 2.15. The van der Waals surface area contributed by atoms with E-state index in [2.05, 4.69) is 4.98 Å². The average molecular weight is 222 g/mol. The fraction of sp³-hybridized carbons (Fsp3) is 0.182. The molecule has 0 amide bonds. The van der Waals surface area contributed by atoms with Crippen molar-refractivity contribution in [2.75, 3.05) is 0 Å². The maximum Gasteiger partial charge on any atom is 0.123 e. The lowest BCUT2D eigenvalue weighted by molar-refractivity contribution is 0.618. The van der Waals surface area contributed by atoms with Crippen molar-refractivity contribution in [1.82, 2.24) is 4.98 Å². The minimum Gasteiger partial charge on any atom is -0.324 e. The Balaban J connectivity index is 2.11. The first kappa shape index (κ1) is 10.3. The molecule has 2 aromatic rings. The number of rotatable bonds is 3. The molecule has 78 valence electrons. The maximum atomic E-state index is 12.9. The number of benzene rings is 1. The summed E-state index contributed by atoms with van der Waals surface area (Å²) in [6, 6.07) is 6.21. The van der Waals surface area contributed by atoms with Crippen LogP contribution in [0.4, 0.5) is 4.39 Å². The molecule has 1 heterocycles. The van der Waals surface area contributed by atoms with Gasteiger partial charge in [0.1, 0.15) is 5.82 Å². The van der Waals surface area contributed by atoms with Gasteiger partial charge in [-0.25, -0.2) is 9.37 Å². The number of thiazole rings is 1. The molecule has 2 rings (SSSR count). The zero-order valence-electron chi connectivity index (χ0n) is 8.06. The van der Waals surface area contributed by atoms with Gasteiger partial charge in [-0.3, -0.25) is 0 Å². The van der Waals surface area contributed by atoms with Crippen LogP contribution in [-0.4, -0.2) is 4.98 Å². The van der Waals surface area contributed by atoms with Crippen LogP contribution in [-0.2, 0) is 6.42 Å². The molecule has 0 spiro atoms. The van der Waals surface area contributed by atoms with E-state index in [0.29, 0.717) is 6.42 Å².